The van der Waals surface area contributed by atoms with E-state index in [4.69, 9.17) is 4.74 Å². The quantitative estimate of drug-likeness (QED) is 0.244. The smallest absolute Gasteiger partial charge is 0.309 e. The molecule has 35 heavy (non-hydrogen) atoms. The van der Waals surface area contributed by atoms with Gasteiger partial charge in [-0.05, 0) is 52.2 Å². The van der Waals surface area contributed by atoms with Crippen LogP contribution < -0.4 is 0 Å². The molecular weight excluding hydrogens is 462 g/mol. The number of carbonyl (C=O) groups is 2. The van der Waals surface area contributed by atoms with E-state index < -0.39 is 35.6 Å². The van der Waals surface area contributed by atoms with E-state index in [1.165, 1.54) is 0 Å². The summed E-state index contributed by atoms with van der Waals surface area (Å²) in [4.78, 5) is 30.2. The number of aliphatic hydroxyl groups is 2. The van der Waals surface area contributed by atoms with Gasteiger partial charge in [0, 0.05) is 17.7 Å². The number of aryl methyl sites for hydroxylation is 1. The summed E-state index contributed by atoms with van der Waals surface area (Å²) in [5, 5.41) is 23.8. The minimum Gasteiger partial charge on any atom is -0.457 e. The number of hydrogen-bond acceptors (Lipinski definition) is 7. The fourth-order valence-corrected chi connectivity index (χ4v) is 4.26. The molecule has 0 aliphatic heterocycles. The number of aromatic nitrogens is 1. The number of ether oxygens (including phenoxy) is 1. The highest BCUT2D eigenvalue weighted by Crippen LogP contribution is 2.30. The van der Waals surface area contributed by atoms with Gasteiger partial charge in [0.1, 0.15) is 11.9 Å². The molecule has 0 spiro atoms. The van der Waals surface area contributed by atoms with Crippen molar-refractivity contribution in [2.45, 2.75) is 99.4 Å². The average Bonchev–Trinajstić information content (AvgIpc) is 3.22. The van der Waals surface area contributed by atoms with Crippen LogP contribution >= 0.6 is 11.3 Å². The van der Waals surface area contributed by atoms with Crippen molar-refractivity contribution in [1.29, 1.82) is 0 Å². The maximum atomic E-state index is 12.9. The number of nitrogens with zero attached hydrogens (tertiary/aromatic N) is 1. The van der Waals surface area contributed by atoms with Gasteiger partial charge in [-0.1, -0.05) is 51.5 Å². The van der Waals surface area contributed by atoms with E-state index in [1.54, 1.807) is 39.0 Å². The van der Waals surface area contributed by atoms with Gasteiger partial charge in [-0.3, -0.25) is 9.59 Å². The molecule has 0 unspecified atom stereocenters. The Labute approximate surface area is 214 Å². The maximum Gasteiger partial charge on any atom is 0.309 e. The first kappa shape index (κ1) is 30.9. The molecule has 1 heterocycles. The standard InChI is InChI=1S/C28H43NO5S/c1-9-11-12-18(3)13-14-24(19(4)15-22-17-35-21(6)29-22)34-26(32)16-25(31)28(7,8)27(33)20(5)23(30)10-2/h9,11,13,15,17,20,23-25,30-31H,10,12,14,16H2,1-8H3/b11-9+,18-13-,19-15+/t20-,23+,24+,25+/m1/s1. The van der Waals surface area contributed by atoms with Crippen molar-refractivity contribution in [3.8, 4) is 0 Å². The molecule has 1 rings (SSSR count). The van der Waals surface area contributed by atoms with Gasteiger partial charge >= 0.3 is 5.97 Å². The summed E-state index contributed by atoms with van der Waals surface area (Å²) in [6.07, 6.45) is 6.94. The van der Waals surface area contributed by atoms with E-state index in [-0.39, 0.29) is 12.2 Å². The van der Waals surface area contributed by atoms with E-state index in [9.17, 15) is 19.8 Å². The minimum absolute atomic E-state index is 0.277. The van der Waals surface area contributed by atoms with Crippen LogP contribution in [0.25, 0.3) is 6.08 Å². The Balaban J connectivity index is 3.01. The Kier molecular flexibility index (Phi) is 12.8. The normalized spacial score (nSPS) is 16.7. The van der Waals surface area contributed by atoms with Crippen LogP contribution in [0.4, 0.5) is 0 Å². The summed E-state index contributed by atoms with van der Waals surface area (Å²) >= 11 is 1.55. The molecule has 0 fully saturated rings. The van der Waals surface area contributed by atoms with Crippen LogP contribution in [0.5, 0.6) is 0 Å². The molecule has 0 bridgehead atoms. The molecule has 0 aromatic carbocycles. The number of hydrogen-bond donors (Lipinski definition) is 2. The molecule has 6 nitrogen and oxygen atoms in total. The largest absolute Gasteiger partial charge is 0.457 e. The number of ketones is 1. The molecule has 0 radical (unpaired) electrons. The average molecular weight is 506 g/mol. The number of rotatable bonds is 14. The van der Waals surface area contributed by atoms with Crippen molar-refractivity contribution in [3.05, 3.63) is 45.5 Å². The summed E-state index contributed by atoms with van der Waals surface area (Å²) in [7, 11) is 0. The van der Waals surface area contributed by atoms with Gasteiger partial charge in [0.25, 0.3) is 0 Å². The molecule has 4 atom stereocenters. The molecular formula is C28H43NO5S. The van der Waals surface area contributed by atoms with Crippen molar-refractivity contribution in [1.82, 2.24) is 4.98 Å². The third-order valence-corrected chi connectivity index (χ3v) is 7.18. The maximum absolute atomic E-state index is 12.9. The van der Waals surface area contributed by atoms with Crippen molar-refractivity contribution in [2.75, 3.05) is 0 Å². The number of allylic oxidation sites excluding steroid dienone is 3. The topological polar surface area (TPSA) is 96.7 Å². The minimum atomic E-state index is -1.23. The zero-order chi connectivity index (χ0) is 26.8. The second-order valence-corrected chi connectivity index (χ2v) is 10.8. The van der Waals surface area contributed by atoms with Crippen LogP contribution in [0.15, 0.2) is 34.8 Å². The first-order chi connectivity index (χ1) is 16.3. The molecule has 7 heteroatoms. The SMILES string of the molecule is C/C=C/C/C(C)=C\C[C@H](OC(=O)C[C@H](O)C(C)(C)C(=O)[C@H](C)[C@@H](O)CC)/C(C)=C/c1csc(C)n1. The van der Waals surface area contributed by atoms with Crippen LogP contribution in [0, 0.1) is 18.3 Å². The highest BCUT2D eigenvalue weighted by molar-refractivity contribution is 7.09. The van der Waals surface area contributed by atoms with Gasteiger partial charge in [-0.15, -0.1) is 11.3 Å². The van der Waals surface area contributed by atoms with E-state index in [0.29, 0.717) is 12.8 Å². The monoisotopic (exact) mass is 505 g/mol. The highest BCUT2D eigenvalue weighted by Gasteiger charge is 2.41. The number of aliphatic hydroxyl groups excluding tert-OH is 2. The molecule has 0 saturated carbocycles. The molecule has 196 valence electrons. The van der Waals surface area contributed by atoms with Crippen LogP contribution in [0.3, 0.4) is 0 Å². The molecule has 0 aliphatic carbocycles. The second-order valence-electron chi connectivity index (χ2n) is 9.79. The van der Waals surface area contributed by atoms with Crippen LogP contribution in [-0.4, -0.2) is 45.3 Å². The molecule has 0 aliphatic rings. The number of thiazole rings is 1. The van der Waals surface area contributed by atoms with E-state index >= 15 is 0 Å². The third-order valence-electron chi connectivity index (χ3n) is 6.39. The van der Waals surface area contributed by atoms with Crippen molar-refractivity contribution in [2.24, 2.45) is 11.3 Å². The number of Topliss-reactive ketones (excluding diaryl/α,β-unsaturated/α-hetero) is 1. The van der Waals surface area contributed by atoms with E-state index in [1.807, 2.05) is 45.2 Å². The first-order valence-electron chi connectivity index (χ1n) is 12.3. The molecule has 0 saturated heterocycles. The Morgan fingerprint density at radius 2 is 1.91 bits per heavy atom. The summed E-state index contributed by atoms with van der Waals surface area (Å²) in [6, 6.07) is 0. The van der Waals surface area contributed by atoms with Crippen LogP contribution in [0.1, 0.15) is 84.9 Å². The summed E-state index contributed by atoms with van der Waals surface area (Å²) < 4.78 is 5.81. The summed E-state index contributed by atoms with van der Waals surface area (Å²) in [6.45, 7) is 14.5. The lowest BCUT2D eigenvalue weighted by Gasteiger charge is -2.32. The number of carbonyl (C=O) groups excluding carboxylic acids is 2. The van der Waals surface area contributed by atoms with Crippen LogP contribution in [0.2, 0.25) is 0 Å². The second kappa shape index (κ2) is 14.5. The summed E-state index contributed by atoms with van der Waals surface area (Å²) in [5.41, 5.74) is 1.63. The first-order valence-corrected chi connectivity index (χ1v) is 13.2. The van der Waals surface area contributed by atoms with Gasteiger partial charge in [-0.25, -0.2) is 4.98 Å². The third kappa shape index (κ3) is 9.82. The highest BCUT2D eigenvalue weighted by atomic mass is 32.1. The van der Waals surface area contributed by atoms with Gasteiger partial charge in [0.2, 0.25) is 0 Å². The van der Waals surface area contributed by atoms with E-state index in [0.717, 1.165) is 28.3 Å². The lowest BCUT2D eigenvalue weighted by atomic mass is 9.74. The fraction of sp³-hybridized carbons (Fsp3) is 0.607. The van der Waals surface area contributed by atoms with Gasteiger partial charge < -0.3 is 14.9 Å². The molecule has 1 aromatic heterocycles. The van der Waals surface area contributed by atoms with Crippen molar-refractivity contribution >= 4 is 29.2 Å². The summed E-state index contributed by atoms with van der Waals surface area (Å²) in [5.74, 6) is -1.49. The van der Waals surface area contributed by atoms with Crippen LogP contribution in [-0.2, 0) is 14.3 Å². The van der Waals surface area contributed by atoms with Crippen molar-refractivity contribution < 1.29 is 24.5 Å². The Bertz CT molecular complexity index is 928. The molecule has 0 amide bonds. The zero-order valence-electron chi connectivity index (χ0n) is 22.5. The zero-order valence-corrected chi connectivity index (χ0v) is 23.3. The molecule has 2 N–H and O–H groups in total. The fourth-order valence-electron chi connectivity index (χ4n) is 3.69. The number of esters is 1. The van der Waals surface area contributed by atoms with E-state index in [2.05, 4.69) is 17.1 Å². The lowest BCUT2D eigenvalue weighted by molar-refractivity contribution is -0.153. The Morgan fingerprint density at radius 1 is 1.26 bits per heavy atom. The lowest BCUT2D eigenvalue weighted by Crippen LogP contribution is -2.44. The van der Waals surface area contributed by atoms with Gasteiger partial charge in [-0.2, -0.15) is 0 Å². The predicted molar refractivity (Wildman–Crippen MR) is 143 cm³/mol. The molecule has 1 aromatic rings. The van der Waals surface area contributed by atoms with Gasteiger partial charge in [0.15, 0.2) is 0 Å². The Hall–Kier alpha value is -2.09. The van der Waals surface area contributed by atoms with Crippen molar-refractivity contribution in [3.63, 3.8) is 0 Å². The predicted octanol–water partition coefficient (Wildman–Crippen LogP) is 5.82. The van der Waals surface area contributed by atoms with Gasteiger partial charge in [0.05, 0.1) is 34.7 Å². The Morgan fingerprint density at radius 3 is 2.46 bits per heavy atom.